The third-order valence-electron chi connectivity index (χ3n) is 3.56. The van der Waals surface area contributed by atoms with E-state index in [-0.39, 0.29) is 18.6 Å². The van der Waals surface area contributed by atoms with Crippen molar-refractivity contribution < 1.29 is 19.0 Å². The van der Waals surface area contributed by atoms with Crippen molar-refractivity contribution in [1.82, 2.24) is 5.32 Å². The molecule has 1 amide bonds. The van der Waals surface area contributed by atoms with E-state index in [1.807, 2.05) is 19.1 Å². The van der Waals surface area contributed by atoms with E-state index in [0.717, 1.165) is 5.56 Å². The van der Waals surface area contributed by atoms with Crippen LogP contribution in [0.3, 0.4) is 0 Å². The van der Waals surface area contributed by atoms with Crippen LogP contribution in [-0.2, 0) is 11.3 Å². The molecular formula is C19H22ClNO4. The first-order chi connectivity index (χ1) is 12.0. The lowest BCUT2D eigenvalue weighted by Crippen LogP contribution is -2.35. The predicted octanol–water partition coefficient (Wildman–Crippen LogP) is 3.69. The first-order valence-electron chi connectivity index (χ1n) is 7.89. The Morgan fingerprint density at radius 2 is 1.92 bits per heavy atom. The molecule has 25 heavy (non-hydrogen) atoms. The standard InChI is InChI=1S/C19H22ClNO4/c1-13(11-23-2)21-19(22)14-8-9-17(24-3)15(10-14)12-25-18-7-5-4-6-16(18)20/h4-10,13H,11-12H2,1-3H3,(H,21,22). The molecule has 2 rings (SSSR count). The molecule has 0 bridgehead atoms. The van der Waals surface area contributed by atoms with Gasteiger partial charge in [-0.2, -0.15) is 0 Å². The van der Waals surface area contributed by atoms with Gasteiger partial charge in [-0.15, -0.1) is 0 Å². The van der Waals surface area contributed by atoms with Crippen molar-refractivity contribution in [2.75, 3.05) is 20.8 Å². The Labute approximate surface area is 152 Å². The Morgan fingerprint density at radius 3 is 2.60 bits per heavy atom. The van der Waals surface area contributed by atoms with Crippen LogP contribution >= 0.6 is 11.6 Å². The van der Waals surface area contributed by atoms with Crippen molar-refractivity contribution in [3.63, 3.8) is 0 Å². The van der Waals surface area contributed by atoms with Gasteiger partial charge >= 0.3 is 0 Å². The summed E-state index contributed by atoms with van der Waals surface area (Å²) in [5.74, 6) is 1.05. The molecule has 2 aromatic carbocycles. The topological polar surface area (TPSA) is 56.8 Å². The lowest BCUT2D eigenvalue weighted by atomic mass is 10.1. The summed E-state index contributed by atoms with van der Waals surface area (Å²) in [6.07, 6.45) is 0. The Balaban J connectivity index is 2.13. The van der Waals surface area contributed by atoms with Crippen molar-refractivity contribution in [3.8, 4) is 11.5 Å². The normalized spacial score (nSPS) is 11.7. The Kier molecular flexibility index (Phi) is 7.10. The number of hydrogen-bond donors (Lipinski definition) is 1. The second-order valence-corrected chi connectivity index (χ2v) is 5.98. The summed E-state index contributed by atoms with van der Waals surface area (Å²) in [5, 5.41) is 3.41. The Bertz CT molecular complexity index is 720. The molecule has 0 aliphatic carbocycles. The number of methoxy groups -OCH3 is 2. The van der Waals surface area contributed by atoms with Gasteiger partial charge in [-0.3, -0.25) is 4.79 Å². The molecule has 5 nitrogen and oxygen atoms in total. The van der Waals surface area contributed by atoms with Crippen molar-refractivity contribution in [2.24, 2.45) is 0 Å². The minimum Gasteiger partial charge on any atom is -0.496 e. The maximum Gasteiger partial charge on any atom is 0.251 e. The molecule has 1 unspecified atom stereocenters. The zero-order chi connectivity index (χ0) is 18.2. The van der Waals surface area contributed by atoms with E-state index >= 15 is 0 Å². The maximum atomic E-state index is 12.3. The molecule has 0 spiro atoms. The lowest BCUT2D eigenvalue weighted by Gasteiger charge is -2.15. The summed E-state index contributed by atoms with van der Waals surface area (Å²) in [7, 11) is 3.18. The number of carbonyl (C=O) groups excluding carboxylic acids is 1. The van der Waals surface area contributed by atoms with Gasteiger partial charge in [0.25, 0.3) is 5.91 Å². The van der Waals surface area contributed by atoms with Gasteiger partial charge in [0.2, 0.25) is 0 Å². The van der Waals surface area contributed by atoms with Gasteiger partial charge in [0.05, 0.1) is 18.7 Å². The largest absolute Gasteiger partial charge is 0.496 e. The van der Waals surface area contributed by atoms with Gasteiger partial charge in [-0.1, -0.05) is 23.7 Å². The van der Waals surface area contributed by atoms with Crippen molar-refractivity contribution in [1.29, 1.82) is 0 Å². The molecule has 0 heterocycles. The fourth-order valence-corrected chi connectivity index (χ4v) is 2.54. The molecule has 134 valence electrons. The molecule has 2 aromatic rings. The van der Waals surface area contributed by atoms with Gasteiger partial charge in [0.15, 0.2) is 0 Å². The van der Waals surface area contributed by atoms with E-state index in [2.05, 4.69) is 5.32 Å². The highest BCUT2D eigenvalue weighted by molar-refractivity contribution is 6.32. The van der Waals surface area contributed by atoms with Crippen LogP contribution in [0.15, 0.2) is 42.5 Å². The predicted molar refractivity (Wildman–Crippen MR) is 97.6 cm³/mol. The molecule has 6 heteroatoms. The van der Waals surface area contributed by atoms with E-state index in [0.29, 0.717) is 28.7 Å². The quantitative estimate of drug-likeness (QED) is 0.777. The fourth-order valence-electron chi connectivity index (χ4n) is 2.35. The first kappa shape index (κ1) is 19.1. The third-order valence-corrected chi connectivity index (χ3v) is 3.87. The Morgan fingerprint density at radius 1 is 1.16 bits per heavy atom. The molecule has 0 aromatic heterocycles. The first-order valence-corrected chi connectivity index (χ1v) is 8.27. The van der Waals surface area contributed by atoms with E-state index in [9.17, 15) is 4.79 Å². The summed E-state index contributed by atoms with van der Waals surface area (Å²) in [6.45, 7) is 2.57. The SMILES string of the molecule is COCC(C)NC(=O)c1ccc(OC)c(COc2ccccc2Cl)c1. The van der Waals surface area contributed by atoms with Gasteiger partial charge in [0.1, 0.15) is 18.1 Å². The van der Waals surface area contributed by atoms with E-state index in [4.69, 9.17) is 25.8 Å². The van der Waals surface area contributed by atoms with Crippen LogP contribution in [0.5, 0.6) is 11.5 Å². The number of carbonyl (C=O) groups is 1. The Hall–Kier alpha value is -2.24. The molecule has 0 saturated heterocycles. The van der Waals surface area contributed by atoms with Crippen LogP contribution in [0.25, 0.3) is 0 Å². The number of rotatable bonds is 8. The van der Waals surface area contributed by atoms with Crippen LogP contribution < -0.4 is 14.8 Å². The van der Waals surface area contributed by atoms with Crippen LogP contribution in [0.1, 0.15) is 22.8 Å². The highest BCUT2D eigenvalue weighted by atomic mass is 35.5. The summed E-state index contributed by atoms with van der Waals surface area (Å²) in [6, 6.07) is 12.4. The smallest absolute Gasteiger partial charge is 0.251 e. The highest BCUT2D eigenvalue weighted by Gasteiger charge is 2.13. The number of para-hydroxylation sites is 1. The van der Waals surface area contributed by atoms with Crippen molar-refractivity contribution in [2.45, 2.75) is 19.6 Å². The van der Waals surface area contributed by atoms with E-state index < -0.39 is 0 Å². The minimum atomic E-state index is -0.175. The maximum absolute atomic E-state index is 12.3. The zero-order valence-electron chi connectivity index (χ0n) is 14.5. The van der Waals surface area contributed by atoms with Gasteiger partial charge in [-0.25, -0.2) is 0 Å². The van der Waals surface area contributed by atoms with Crippen LogP contribution in [-0.4, -0.2) is 32.8 Å². The molecule has 0 saturated carbocycles. The van der Waals surface area contributed by atoms with Crippen molar-refractivity contribution in [3.05, 3.63) is 58.6 Å². The summed E-state index contributed by atoms with van der Waals surface area (Å²) < 4.78 is 16.1. The van der Waals surface area contributed by atoms with E-state index in [1.54, 1.807) is 44.6 Å². The van der Waals surface area contributed by atoms with E-state index in [1.165, 1.54) is 0 Å². The molecule has 0 fully saturated rings. The minimum absolute atomic E-state index is 0.0811. The summed E-state index contributed by atoms with van der Waals surface area (Å²) >= 11 is 6.10. The monoisotopic (exact) mass is 363 g/mol. The van der Waals surface area contributed by atoms with Crippen molar-refractivity contribution >= 4 is 17.5 Å². The number of amides is 1. The molecule has 0 aliphatic rings. The third kappa shape index (κ3) is 5.37. The van der Waals surface area contributed by atoms with Gasteiger partial charge in [0, 0.05) is 24.3 Å². The molecule has 1 atom stereocenters. The van der Waals surface area contributed by atoms with Gasteiger partial charge < -0.3 is 19.5 Å². The molecule has 0 aliphatic heterocycles. The second-order valence-electron chi connectivity index (χ2n) is 5.58. The lowest BCUT2D eigenvalue weighted by molar-refractivity contribution is 0.0905. The number of halogens is 1. The number of nitrogens with one attached hydrogen (secondary N) is 1. The number of hydrogen-bond acceptors (Lipinski definition) is 4. The second kappa shape index (κ2) is 9.30. The average molecular weight is 364 g/mol. The number of benzene rings is 2. The fraction of sp³-hybridized carbons (Fsp3) is 0.316. The molecule has 0 radical (unpaired) electrons. The van der Waals surface area contributed by atoms with Crippen LogP contribution in [0.2, 0.25) is 5.02 Å². The average Bonchev–Trinajstić information content (AvgIpc) is 2.61. The zero-order valence-corrected chi connectivity index (χ0v) is 15.3. The van der Waals surface area contributed by atoms with Gasteiger partial charge in [-0.05, 0) is 37.3 Å². The van der Waals surface area contributed by atoms with Crippen LogP contribution in [0, 0.1) is 0 Å². The summed E-state index contributed by atoms with van der Waals surface area (Å²) in [5.41, 5.74) is 1.29. The summed E-state index contributed by atoms with van der Waals surface area (Å²) in [4.78, 5) is 12.3. The molecule has 1 N–H and O–H groups in total. The number of ether oxygens (including phenoxy) is 3. The molecular weight excluding hydrogens is 342 g/mol. The highest BCUT2D eigenvalue weighted by Crippen LogP contribution is 2.26. The van der Waals surface area contributed by atoms with Crippen LogP contribution in [0.4, 0.5) is 0 Å².